The number of nitrogens with one attached hydrogen (secondary N) is 2. The molecule has 2 N–H and O–H groups in total. The van der Waals surface area contributed by atoms with Gasteiger partial charge in [-0.3, -0.25) is 4.79 Å². The second-order valence-corrected chi connectivity index (χ2v) is 6.81. The van der Waals surface area contributed by atoms with Crippen LogP contribution in [0.4, 0.5) is 0 Å². The Balaban J connectivity index is 1.42. The number of carbonyl (C=O) groups is 1. The summed E-state index contributed by atoms with van der Waals surface area (Å²) in [6.07, 6.45) is 2.29. The van der Waals surface area contributed by atoms with Crippen LogP contribution < -0.4 is 5.32 Å². The lowest BCUT2D eigenvalue weighted by Crippen LogP contribution is -2.28. The Kier molecular flexibility index (Phi) is 4.75. The van der Waals surface area contributed by atoms with Gasteiger partial charge in [-0.05, 0) is 35.2 Å². The smallest absolute Gasteiger partial charge is 0.224 e. The average molecular weight is 354 g/mol. The summed E-state index contributed by atoms with van der Waals surface area (Å²) in [7, 11) is 0. The van der Waals surface area contributed by atoms with Gasteiger partial charge in [0.15, 0.2) is 0 Å². The maximum absolute atomic E-state index is 12.5. The number of rotatable bonds is 5. The Morgan fingerprint density at radius 1 is 0.889 bits per heavy atom. The summed E-state index contributed by atoms with van der Waals surface area (Å²) >= 11 is 0. The molecule has 0 radical (unpaired) electrons. The number of para-hydroxylation sites is 1. The number of aromatic amines is 1. The molecule has 0 aliphatic rings. The van der Waals surface area contributed by atoms with E-state index in [1.165, 1.54) is 11.1 Å². The fraction of sp³-hybridized carbons (Fsp3) is 0.125. The fourth-order valence-electron chi connectivity index (χ4n) is 3.42. The minimum absolute atomic E-state index is 0.0272. The van der Waals surface area contributed by atoms with Gasteiger partial charge in [-0.1, -0.05) is 72.8 Å². The molecule has 0 fully saturated rings. The van der Waals surface area contributed by atoms with E-state index < -0.39 is 0 Å². The van der Waals surface area contributed by atoms with Gasteiger partial charge in [0.05, 0.1) is 12.5 Å². The first-order valence-corrected chi connectivity index (χ1v) is 9.20. The summed E-state index contributed by atoms with van der Waals surface area (Å²) in [6, 6.07) is 26.7. The lowest BCUT2D eigenvalue weighted by molar-refractivity contribution is -0.121. The van der Waals surface area contributed by atoms with E-state index in [4.69, 9.17) is 0 Å². The van der Waals surface area contributed by atoms with Gasteiger partial charge >= 0.3 is 0 Å². The van der Waals surface area contributed by atoms with Crippen molar-refractivity contribution in [2.24, 2.45) is 0 Å². The summed E-state index contributed by atoms with van der Waals surface area (Å²) in [6.45, 7) is 2.02. The first-order valence-electron chi connectivity index (χ1n) is 9.20. The number of fused-ring (bicyclic) bond motifs is 1. The molecule has 134 valence electrons. The standard InChI is InChI=1S/C24H22N2O/c1-17(18-11-13-20(14-12-18)19-7-3-2-4-8-19)26-24(27)15-21-16-25-23-10-6-5-9-22(21)23/h2-14,16-17,25H,15H2,1H3,(H,26,27)/t17-/m0/s1. The van der Waals surface area contributed by atoms with Crippen molar-refractivity contribution < 1.29 is 4.79 Å². The molecule has 4 aromatic rings. The number of hydrogen-bond acceptors (Lipinski definition) is 1. The Bertz CT molecular complexity index is 1050. The average Bonchev–Trinajstić information content (AvgIpc) is 3.11. The van der Waals surface area contributed by atoms with E-state index in [0.29, 0.717) is 6.42 Å². The zero-order chi connectivity index (χ0) is 18.6. The van der Waals surface area contributed by atoms with Gasteiger partial charge in [0.2, 0.25) is 5.91 Å². The highest BCUT2D eigenvalue weighted by molar-refractivity contribution is 5.89. The largest absolute Gasteiger partial charge is 0.361 e. The molecule has 0 saturated heterocycles. The Morgan fingerprint density at radius 2 is 1.56 bits per heavy atom. The van der Waals surface area contributed by atoms with Gasteiger partial charge in [0.1, 0.15) is 0 Å². The molecule has 1 aromatic heterocycles. The number of aromatic nitrogens is 1. The van der Waals surface area contributed by atoms with Crippen LogP contribution in [-0.4, -0.2) is 10.9 Å². The van der Waals surface area contributed by atoms with E-state index in [2.05, 4.69) is 46.7 Å². The molecule has 0 spiro atoms. The summed E-state index contributed by atoms with van der Waals surface area (Å²) in [5.41, 5.74) is 5.55. The zero-order valence-electron chi connectivity index (χ0n) is 15.3. The van der Waals surface area contributed by atoms with Crippen LogP contribution in [0, 0.1) is 0 Å². The summed E-state index contributed by atoms with van der Waals surface area (Å²) in [5.74, 6) is 0.0272. The van der Waals surface area contributed by atoms with Crippen molar-refractivity contribution in [1.82, 2.24) is 10.3 Å². The Hall–Kier alpha value is -3.33. The van der Waals surface area contributed by atoms with Crippen molar-refractivity contribution >= 4 is 16.8 Å². The molecule has 4 rings (SSSR count). The number of H-pyrrole nitrogens is 1. The monoisotopic (exact) mass is 354 g/mol. The van der Waals surface area contributed by atoms with Crippen molar-refractivity contribution in [2.45, 2.75) is 19.4 Å². The van der Waals surface area contributed by atoms with Crippen molar-refractivity contribution in [3.63, 3.8) is 0 Å². The van der Waals surface area contributed by atoms with Crippen LogP contribution in [0.25, 0.3) is 22.0 Å². The van der Waals surface area contributed by atoms with Crippen LogP contribution in [0.15, 0.2) is 85.1 Å². The molecule has 0 unspecified atom stereocenters. The van der Waals surface area contributed by atoms with Crippen LogP contribution in [0.1, 0.15) is 24.1 Å². The molecule has 3 heteroatoms. The van der Waals surface area contributed by atoms with Gasteiger partial charge in [-0.25, -0.2) is 0 Å². The van der Waals surface area contributed by atoms with E-state index in [1.54, 1.807) is 0 Å². The number of amides is 1. The fourth-order valence-corrected chi connectivity index (χ4v) is 3.42. The minimum Gasteiger partial charge on any atom is -0.361 e. The van der Waals surface area contributed by atoms with E-state index in [1.807, 2.05) is 55.6 Å². The molecular weight excluding hydrogens is 332 g/mol. The zero-order valence-corrected chi connectivity index (χ0v) is 15.3. The van der Waals surface area contributed by atoms with E-state index >= 15 is 0 Å². The Morgan fingerprint density at radius 3 is 2.33 bits per heavy atom. The van der Waals surface area contributed by atoms with E-state index in [-0.39, 0.29) is 11.9 Å². The summed E-state index contributed by atoms with van der Waals surface area (Å²) in [4.78, 5) is 15.7. The van der Waals surface area contributed by atoms with Gasteiger partial charge in [0.25, 0.3) is 0 Å². The molecule has 27 heavy (non-hydrogen) atoms. The highest BCUT2D eigenvalue weighted by Gasteiger charge is 2.12. The predicted molar refractivity (Wildman–Crippen MR) is 110 cm³/mol. The number of carbonyl (C=O) groups excluding carboxylic acids is 1. The van der Waals surface area contributed by atoms with Gasteiger partial charge in [0, 0.05) is 17.1 Å². The molecule has 3 aromatic carbocycles. The first kappa shape index (κ1) is 17.1. The van der Waals surface area contributed by atoms with Gasteiger partial charge < -0.3 is 10.3 Å². The number of hydrogen-bond donors (Lipinski definition) is 2. The minimum atomic E-state index is -0.0347. The lowest BCUT2D eigenvalue weighted by atomic mass is 10.0. The van der Waals surface area contributed by atoms with Crippen LogP contribution in [0.3, 0.4) is 0 Å². The van der Waals surface area contributed by atoms with Crippen molar-refractivity contribution in [2.75, 3.05) is 0 Å². The summed E-state index contributed by atoms with van der Waals surface area (Å²) in [5, 5.41) is 4.21. The number of benzene rings is 3. The second kappa shape index (κ2) is 7.50. The third-order valence-corrected chi connectivity index (χ3v) is 4.92. The van der Waals surface area contributed by atoms with Gasteiger partial charge in [-0.2, -0.15) is 0 Å². The van der Waals surface area contributed by atoms with Crippen molar-refractivity contribution in [1.29, 1.82) is 0 Å². The highest BCUT2D eigenvalue weighted by atomic mass is 16.1. The molecule has 1 amide bonds. The molecule has 0 aliphatic heterocycles. The van der Waals surface area contributed by atoms with E-state index in [0.717, 1.165) is 22.0 Å². The van der Waals surface area contributed by atoms with Gasteiger partial charge in [-0.15, -0.1) is 0 Å². The van der Waals surface area contributed by atoms with Crippen LogP contribution >= 0.6 is 0 Å². The first-order chi connectivity index (χ1) is 13.2. The molecule has 0 bridgehead atoms. The van der Waals surface area contributed by atoms with Crippen LogP contribution in [-0.2, 0) is 11.2 Å². The van der Waals surface area contributed by atoms with Crippen LogP contribution in [0.2, 0.25) is 0 Å². The second-order valence-electron chi connectivity index (χ2n) is 6.81. The maximum Gasteiger partial charge on any atom is 0.224 e. The third-order valence-electron chi connectivity index (χ3n) is 4.92. The van der Waals surface area contributed by atoms with Crippen molar-refractivity contribution in [3.8, 4) is 11.1 Å². The molecular formula is C24H22N2O. The quantitative estimate of drug-likeness (QED) is 0.505. The summed E-state index contributed by atoms with van der Waals surface area (Å²) < 4.78 is 0. The van der Waals surface area contributed by atoms with Crippen LogP contribution in [0.5, 0.6) is 0 Å². The lowest BCUT2D eigenvalue weighted by Gasteiger charge is -2.15. The normalized spacial score (nSPS) is 12.0. The van der Waals surface area contributed by atoms with Crippen molar-refractivity contribution in [3.05, 3.63) is 96.2 Å². The SMILES string of the molecule is C[C@H](NC(=O)Cc1c[nH]c2ccccc12)c1ccc(-c2ccccc2)cc1. The molecule has 1 heterocycles. The molecule has 0 aliphatic carbocycles. The highest BCUT2D eigenvalue weighted by Crippen LogP contribution is 2.22. The Labute approximate surface area is 159 Å². The maximum atomic E-state index is 12.5. The topological polar surface area (TPSA) is 44.9 Å². The molecule has 1 atom stereocenters. The molecule has 3 nitrogen and oxygen atoms in total. The molecule has 0 saturated carbocycles. The predicted octanol–water partition coefficient (Wildman–Crippen LogP) is 5.25. The third kappa shape index (κ3) is 3.77. The van der Waals surface area contributed by atoms with E-state index in [9.17, 15) is 4.79 Å².